The lowest BCUT2D eigenvalue weighted by Crippen LogP contribution is -2.63. The van der Waals surface area contributed by atoms with Gasteiger partial charge < -0.3 is 9.57 Å². The molecular formula is C17H31NO4. The third-order valence-corrected chi connectivity index (χ3v) is 5.03. The van der Waals surface area contributed by atoms with Crippen LogP contribution in [-0.4, -0.2) is 34.7 Å². The molecule has 4 unspecified atom stereocenters. The molecule has 0 bridgehead atoms. The highest BCUT2D eigenvalue weighted by Crippen LogP contribution is 2.41. The van der Waals surface area contributed by atoms with Gasteiger partial charge in [0.1, 0.15) is 6.10 Å². The van der Waals surface area contributed by atoms with Gasteiger partial charge in [0.15, 0.2) is 0 Å². The molecule has 0 spiro atoms. The Balaban J connectivity index is 3.00. The Labute approximate surface area is 134 Å². The first-order valence-corrected chi connectivity index (χ1v) is 8.47. The smallest absolute Gasteiger partial charge is 0.322 e. The summed E-state index contributed by atoms with van der Waals surface area (Å²) in [6.07, 6.45) is 3.49. The van der Waals surface area contributed by atoms with E-state index in [4.69, 9.17) is 9.57 Å². The fourth-order valence-corrected chi connectivity index (χ4v) is 3.30. The van der Waals surface area contributed by atoms with Crippen LogP contribution in [0.25, 0.3) is 0 Å². The van der Waals surface area contributed by atoms with Gasteiger partial charge in [-0.3, -0.25) is 9.59 Å². The van der Waals surface area contributed by atoms with Crippen molar-refractivity contribution in [1.82, 2.24) is 5.06 Å². The van der Waals surface area contributed by atoms with Gasteiger partial charge in [0, 0.05) is 31.7 Å². The highest BCUT2D eigenvalue weighted by Gasteiger charge is 2.51. The van der Waals surface area contributed by atoms with Crippen molar-refractivity contribution in [3.8, 4) is 0 Å². The van der Waals surface area contributed by atoms with E-state index in [1.54, 1.807) is 0 Å². The first kappa shape index (κ1) is 18.9. The fraction of sp³-hybridized carbons (Fsp3) is 0.882. The second-order valence-electron chi connectivity index (χ2n) is 6.48. The number of hydrogen-bond donors (Lipinski definition) is 0. The van der Waals surface area contributed by atoms with Crippen LogP contribution in [0.4, 0.5) is 0 Å². The second-order valence-corrected chi connectivity index (χ2v) is 6.48. The molecule has 1 fully saturated rings. The van der Waals surface area contributed by atoms with Gasteiger partial charge in [-0.1, -0.05) is 27.7 Å². The van der Waals surface area contributed by atoms with Crippen molar-refractivity contribution in [2.75, 3.05) is 0 Å². The van der Waals surface area contributed by atoms with E-state index in [0.717, 1.165) is 19.3 Å². The average molecular weight is 313 g/mol. The molecule has 1 saturated heterocycles. The Hall–Kier alpha value is -1.10. The largest absolute Gasteiger partial charge is 0.462 e. The molecule has 1 rings (SSSR count). The number of carbonyl (C=O) groups excluding carboxylic acids is 2. The van der Waals surface area contributed by atoms with Gasteiger partial charge in [0.05, 0.1) is 5.54 Å². The molecule has 1 heterocycles. The first-order chi connectivity index (χ1) is 10.3. The quantitative estimate of drug-likeness (QED) is 0.703. The van der Waals surface area contributed by atoms with Crippen LogP contribution in [0.2, 0.25) is 0 Å². The minimum atomic E-state index is -0.332. The Bertz CT molecular complexity index is 398. The van der Waals surface area contributed by atoms with Gasteiger partial charge >= 0.3 is 11.9 Å². The SMILES string of the molecule is CCCC(=O)OC1CC(CC)N(OC(C)=O)C(C)(CC)C1C. The molecule has 22 heavy (non-hydrogen) atoms. The number of piperidine rings is 1. The summed E-state index contributed by atoms with van der Waals surface area (Å²) in [5, 5.41) is 1.85. The molecule has 0 saturated carbocycles. The van der Waals surface area contributed by atoms with E-state index in [9.17, 15) is 9.59 Å². The Morgan fingerprint density at radius 1 is 1.27 bits per heavy atom. The minimum Gasteiger partial charge on any atom is -0.462 e. The molecule has 0 aromatic rings. The normalized spacial score (nSPS) is 32.5. The molecule has 1 aliphatic rings. The minimum absolute atomic E-state index is 0.0736. The molecule has 0 aromatic carbocycles. The lowest BCUT2D eigenvalue weighted by molar-refractivity contribution is -0.273. The molecule has 0 aromatic heterocycles. The predicted molar refractivity (Wildman–Crippen MR) is 84.9 cm³/mol. The number of hydroxylamine groups is 2. The van der Waals surface area contributed by atoms with E-state index in [-0.39, 0.29) is 35.5 Å². The lowest BCUT2D eigenvalue weighted by Gasteiger charge is -2.53. The van der Waals surface area contributed by atoms with Crippen molar-refractivity contribution in [3.63, 3.8) is 0 Å². The molecule has 0 radical (unpaired) electrons. The Morgan fingerprint density at radius 3 is 2.36 bits per heavy atom. The number of nitrogens with zero attached hydrogens (tertiary/aromatic N) is 1. The van der Waals surface area contributed by atoms with Gasteiger partial charge in [-0.15, -0.1) is 5.06 Å². The summed E-state index contributed by atoms with van der Waals surface area (Å²) in [6, 6.07) is 0.0736. The summed E-state index contributed by atoms with van der Waals surface area (Å²) < 4.78 is 5.72. The molecule has 1 aliphatic heterocycles. The third kappa shape index (κ3) is 4.00. The third-order valence-electron chi connectivity index (χ3n) is 5.03. The summed E-state index contributed by atoms with van der Waals surface area (Å²) >= 11 is 0. The van der Waals surface area contributed by atoms with Gasteiger partial charge in [0.25, 0.3) is 0 Å². The van der Waals surface area contributed by atoms with E-state index >= 15 is 0 Å². The summed E-state index contributed by atoms with van der Waals surface area (Å²) in [7, 11) is 0. The number of hydrogen-bond acceptors (Lipinski definition) is 5. The Kier molecular flexibility index (Phi) is 6.85. The monoisotopic (exact) mass is 313 g/mol. The Morgan fingerprint density at radius 2 is 1.91 bits per heavy atom. The van der Waals surface area contributed by atoms with E-state index in [2.05, 4.69) is 27.7 Å². The van der Waals surface area contributed by atoms with E-state index in [1.165, 1.54) is 6.92 Å². The van der Waals surface area contributed by atoms with Crippen molar-refractivity contribution in [3.05, 3.63) is 0 Å². The number of esters is 1. The van der Waals surface area contributed by atoms with Gasteiger partial charge in [-0.25, -0.2) is 0 Å². The van der Waals surface area contributed by atoms with E-state index in [0.29, 0.717) is 12.8 Å². The van der Waals surface area contributed by atoms with E-state index in [1.807, 2.05) is 12.0 Å². The lowest BCUT2D eigenvalue weighted by atomic mass is 9.74. The van der Waals surface area contributed by atoms with Crippen molar-refractivity contribution in [2.24, 2.45) is 5.92 Å². The zero-order valence-corrected chi connectivity index (χ0v) is 14.8. The maximum atomic E-state index is 11.9. The molecule has 0 amide bonds. The first-order valence-electron chi connectivity index (χ1n) is 8.47. The molecule has 128 valence electrons. The van der Waals surface area contributed by atoms with Crippen LogP contribution in [0, 0.1) is 5.92 Å². The standard InChI is InChI=1S/C17H31NO4/c1-7-10-16(20)21-15-11-14(8-2)18(22-13(5)19)17(6,9-3)12(15)4/h12,14-15H,7-11H2,1-6H3. The number of carbonyl (C=O) groups is 2. The van der Waals surface area contributed by atoms with Crippen LogP contribution in [0.5, 0.6) is 0 Å². The van der Waals surface area contributed by atoms with Crippen LogP contribution < -0.4 is 0 Å². The maximum Gasteiger partial charge on any atom is 0.322 e. The summed E-state index contributed by atoms with van der Waals surface area (Å²) in [5.74, 6) is -0.333. The van der Waals surface area contributed by atoms with Crippen molar-refractivity contribution >= 4 is 11.9 Å². The van der Waals surface area contributed by atoms with Crippen molar-refractivity contribution in [1.29, 1.82) is 0 Å². The highest BCUT2D eigenvalue weighted by atomic mass is 16.7. The zero-order valence-electron chi connectivity index (χ0n) is 14.8. The van der Waals surface area contributed by atoms with Crippen LogP contribution in [-0.2, 0) is 19.2 Å². The summed E-state index contributed by atoms with van der Waals surface area (Å²) in [6.45, 7) is 11.7. The summed E-state index contributed by atoms with van der Waals surface area (Å²) in [5.41, 5.74) is -0.332. The van der Waals surface area contributed by atoms with E-state index < -0.39 is 0 Å². The van der Waals surface area contributed by atoms with Gasteiger partial charge in [-0.05, 0) is 26.2 Å². The zero-order chi connectivity index (χ0) is 16.9. The topological polar surface area (TPSA) is 55.8 Å². The van der Waals surface area contributed by atoms with Crippen LogP contribution >= 0.6 is 0 Å². The van der Waals surface area contributed by atoms with Gasteiger partial charge in [0.2, 0.25) is 0 Å². The fourth-order valence-electron chi connectivity index (χ4n) is 3.30. The highest BCUT2D eigenvalue weighted by molar-refractivity contribution is 5.69. The number of ether oxygens (including phenoxy) is 1. The van der Waals surface area contributed by atoms with Crippen LogP contribution in [0.1, 0.15) is 73.6 Å². The summed E-state index contributed by atoms with van der Waals surface area (Å²) in [4.78, 5) is 28.9. The molecule has 5 heteroatoms. The molecule has 0 aliphatic carbocycles. The van der Waals surface area contributed by atoms with Crippen LogP contribution in [0.3, 0.4) is 0 Å². The molecule has 4 atom stereocenters. The molecular weight excluding hydrogens is 282 g/mol. The van der Waals surface area contributed by atoms with Gasteiger partial charge in [-0.2, -0.15) is 0 Å². The van der Waals surface area contributed by atoms with Crippen molar-refractivity contribution < 1.29 is 19.2 Å². The van der Waals surface area contributed by atoms with Crippen molar-refractivity contribution in [2.45, 2.75) is 91.3 Å². The molecule has 0 N–H and O–H groups in total. The molecule has 5 nitrogen and oxygen atoms in total. The van der Waals surface area contributed by atoms with Crippen LogP contribution in [0.15, 0.2) is 0 Å². The maximum absolute atomic E-state index is 11.9. The number of rotatable bonds is 6. The second kappa shape index (κ2) is 7.95. The average Bonchev–Trinajstić information content (AvgIpc) is 2.46. The predicted octanol–water partition coefficient (Wildman–Crippen LogP) is 3.47.